The summed E-state index contributed by atoms with van der Waals surface area (Å²) in [6.45, 7) is 3.44. The van der Waals surface area contributed by atoms with Crippen molar-refractivity contribution < 1.29 is 9.18 Å². The third kappa shape index (κ3) is 2.90. The summed E-state index contributed by atoms with van der Waals surface area (Å²) >= 11 is 0. The summed E-state index contributed by atoms with van der Waals surface area (Å²) in [5, 5.41) is 2.93. The average Bonchev–Trinajstić information content (AvgIpc) is 3.43. The van der Waals surface area contributed by atoms with Crippen LogP contribution in [0.3, 0.4) is 0 Å². The first-order valence-electron chi connectivity index (χ1n) is 11.0. The number of halogens is 1. The number of carbonyl (C=O) groups is 1. The molecular formula is C23H26FN5O. The van der Waals surface area contributed by atoms with Crippen LogP contribution in [0.5, 0.6) is 0 Å². The molecule has 2 saturated heterocycles. The van der Waals surface area contributed by atoms with Crippen LogP contribution in [-0.2, 0) is 6.42 Å². The number of hydrogen-bond acceptors (Lipinski definition) is 5. The van der Waals surface area contributed by atoms with E-state index in [0.29, 0.717) is 30.0 Å². The Kier molecular flexibility index (Phi) is 4.10. The molecule has 30 heavy (non-hydrogen) atoms. The minimum absolute atomic E-state index is 0.0708. The van der Waals surface area contributed by atoms with Gasteiger partial charge in [0.25, 0.3) is 5.91 Å². The predicted molar refractivity (Wildman–Crippen MR) is 111 cm³/mol. The highest BCUT2D eigenvalue weighted by Crippen LogP contribution is 2.46. The number of fused-ring (bicyclic) bond motifs is 2. The third-order valence-corrected chi connectivity index (χ3v) is 7.20. The molecule has 0 radical (unpaired) electrons. The van der Waals surface area contributed by atoms with E-state index in [-0.39, 0.29) is 17.8 Å². The van der Waals surface area contributed by atoms with Crippen LogP contribution in [0.1, 0.15) is 52.2 Å². The highest BCUT2D eigenvalue weighted by molar-refractivity contribution is 5.96. The number of nitrogens with zero attached hydrogens (tertiary/aromatic N) is 4. The molecule has 1 aromatic heterocycles. The van der Waals surface area contributed by atoms with Crippen LogP contribution >= 0.6 is 0 Å². The van der Waals surface area contributed by atoms with Gasteiger partial charge in [0.15, 0.2) is 0 Å². The monoisotopic (exact) mass is 407 g/mol. The highest BCUT2D eigenvalue weighted by Gasteiger charge is 2.47. The van der Waals surface area contributed by atoms with Gasteiger partial charge in [-0.3, -0.25) is 9.69 Å². The number of nitrogens with one attached hydrogen (secondary N) is 1. The fraction of sp³-hybridized carbons (Fsp3) is 0.522. The van der Waals surface area contributed by atoms with Gasteiger partial charge < -0.3 is 10.2 Å². The van der Waals surface area contributed by atoms with E-state index >= 15 is 0 Å². The SMILES string of the molecule is CN1C[C@H]2CN(c3nc(C4CC4)nc4c3CCNC4=O)C[C@H]2[C@@H]1c1cccc(F)c1. The number of carbonyl (C=O) groups excluding carboxylic acids is 1. The largest absolute Gasteiger partial charge is 0.356 e. The molecule has 7 heteroatoms. The topological polar surface area (TPSA) is 61.4 Å². The lowest BCUT2D eigenvalue weighted by Gasteiger charge is -2.29. The Balaban J connectivity index is 1.35. The molecule has 6 nitrogen and oxygen atoms in total. The summed E-state index contributed by atoms with van der Waals surface area (Å²) < 4.78 is 13.9. The molecule has 1 N–H and O–H groups in total. The van der Waals surface area contributed by atoms with Gasteiger partial charge in [0.2, 0.25) is 0 Å². The van der Waals surface area contributed by atoms with Crippen molar-refractivity contribution in [2.45, 2.75) is 31.2 Å². The Bertz CT molecular complexity index is 1020. The first-order valence-corrected chi connectivity index (χ1v) is 11.0. The summed E-state index contributed by atoms with van der Waals surface area (Å²) in [7, 11) is 2.14. The second-order valence-corrected chi connectivity index (χ2v) is 9.28. The van der Waals surface area contributed by atoms with Crippen LogP contribution in [-0.4, -0.2) is 54.0 Å². The van der Waals surface area contributed by atoms with Gasteiger partial charge in [0, 0.05) is 49.6 Å². The molecule has 1 saturated carbocycles. The van der Waals surface area contributed by atoms with E-state index in [1.165, 1.54) is 6.07 Å². The van der Waals surface area contributed by atoms with Crippen molar-refractivity contribution in [2.75, 3.05) is 38.1 Å². The average molecular weight is 407 g/mol. The Morgan fingerprint density at radius 3 is 2.83 bits per heavy atom. The third-order valence-electron chi connectivity index (χ3n) is 7.20. The molecule has 2 aromatic rings. The lowest BCUT2D eigenvalue weighted by molar-refractivity contribution is 0.0940. The van der Waals surface area contributed by atoms with E-state index in [0.717, 1.165) is 61.7 Å². The maximum Gasteiger partial charge on any atom is 0.270 e. The predicted octanol–water partition coefficient (Wildman–Crippen LogP) is 2.52. The number of rotatable bonds is 3. The van der Waals surface area contributed by atoms with Gasteiger partial charge in [-0.1, -0.05) is 12.1 Å². The van der Waals surface area contributed by atoms with Gasteiger partial charge in [0.05, 0.1) is 0 Å². The van der Waals surface area contributed by atoms with Gasteiger partial charge in [-0.15, -0.1) is 0 Å². The number of benzene rings is 1. The zero-order chi connectivity index (χ0) is 20.4. The number of aromatic nitrogens is 2. The lowest BCUT2D eigenvalue weighted by atomic mass is 9.89. The molecule has 3 atom stereocenters. The van der Waals surface area contributed by atoms with Crippen LogP contribution < -0.4 is 10.2 Å². The number of hydrogen-bond donors (Lipinski definition) is 1. The van der Waals surface area contributed by atoms with Crippen molar-refractivity contribution in [1.82, 2.24) is 20.2 Å². The minimum Gasteiger partial charge on any atom is -0.356 e. The van der Waals surface area contributed by atoms with E-state index in [1.807, 2.05) is 6.07 Å². The first kappa shape index (κ1) is 18.2. The lowest BCUT2D eigenvalue weighted by Crippen LogP contribution is -2.36. The van der Waals surface area contributed by atoms with E-state index in [4.69, 9.17) is 4.98 Å². The fourth-order valence-electron chi connectivity index (χ4n) is 5.70. The van der Waals surface area contributed by atoms with Gasteiger partial charge in [-0.2, -0.15) is 0 Å². The van der Waals surface area contributed by atoms with Crippen molar-refractivity contribution >= 4 is 11.7 Å². The van der Waals surface area contributed by atoms with E-state index in [2.05, 4.69) is 27.1 Å². The molecule has 1 amide bonds. The van der Waals surface area contributed by atoms with Crippen molar-refractivity contribution in [3.63, 3.8) is 0 Å². The molecule has 3 aliphatic heterocycles. The van der Waals surface area contributed by atoms with Crippen LogP contribution in [0.4, 0.5) is 10.2 Å². The van der Waals surface area contributed by atoms with Crippen LogP contribution in [0, 0.1) is 17.7 Å². The number of anilines is 1. The van der Waals surface area contributed by atoms with E-state index in [1.54, 1.807) is 12.1 Å². The standard InChI is InChI=1S/C23H26FN5O/c1-28-10-15-11-29(12-18(15)20(28)14-3-2-4-16(24)9-14)22-17-7-8-25-23(30)19(17)26-21(27-22)13-5-6-13/h2-4,9,13,15,18,20H,5-8,10-12H2,1H3,(H,25,30)/t15-,18+,20-/m0/s1. The molecule has 156 valence electrons. The first-order chi connectivity index (χ1) is 14.6. The van der Waals surface area contributed by atoms with Crippen LogP contribution in [0.25, 0.3) is 0 Å². The normalized spacial score (nSPS) is 28.4. The maximum absolute atomic E-state index is 13.9. The Morgan fingerprint density at radius 2 is 2.03 bits per heavy atom. The zero-order valence-corrected chi connectivity index (χ0v) is 17.1. The van der Waals surface area contributed by atoms with Crippen molar-refractivity contribution in [3.05, 3.63) is 52.7 Å². The summed E-state index contributed by atoms with van der Waals surface area (Å²) in [5.74, 6) is 2.88. The second-order valence-electron chi connectivity index (χ2n) is 9.28. The Hall–Kier alpha value is -2.54. The molecular weight excluding hydrogens is 381 g/mol. The molecule has 0 unspecified atom stereocenters. The van der Waals surface area contributed by atoms with Gasteiger partial charge in [-0.05, 0) is 49.9 Å². The fourth-order valence-corrected chi connectivity index (χ4v) is 5.70. The highest BCUT2D eigenvalue weighted by atomic mass is 19.1. The smallest absolute Gasteiger partial charge is 0.270 e. The van der Waals surface area contributed by atoms with Crippen LogP contribution in [0.2, 0.25) is 0 Å². The molecule has 6 rings (SSSR count). The molecule has 0 bridgehead atoms. The number of likely N-dealkylation sites (tertiary alicyclic amines) is 1. The van der Waals surface area contributed by atoms with E-state index in [9.17, 15) is 9.18 Å². The molecule has 1 aliphatic carbocycles. The molecule has 4 aliphatic rings. The van der Waals surface area contributed by atoms with Crippen molar-refractivity contribution in [3.8, 4) is 0 Å². The summed E-state index contributed by atoms with van der Waals surface area (Å²) in [5.41, 5.74) is 2.62. The zero-order valence-electron chi connectivity index (χ0n) is 17.1. The molecule has 0 spiro atoms. The number of amides is 1. The Labute approximate surface area is 175 Å². The van der Waals surface area contributed by atoms with Crippen molar-refractivity contribution in [2.24, 2.45) is 11.8 Å². The van der Waals surface area contributed by atoms with Crippen LogP contribution in [0.15, 0.2) is 24.3 Å². The van der Waals surface area contributed by atoms with Gasteiger partial charge in [-0.25, -0.2) is 14.4 Å². The second kappa shape index (κ2) is 6.74. The van der Waals surface area contributed by atoms with Gasteiger partial charge in [0.1, 0.15) is 23.2 Å². The molecule has 4 heterocycles. The maximum atomic E-state index is 13.9. The Morgan fingerprint density at radius 1 is 1.17 bits per heavy atom. The van der Waals surface area contributed by atoms with Gasteiger partial charge >= 0.3 is 0 Å². The van der Waals surface area contributed by atoms with Crippen molar-refractivity contribution in [1.29, 1.82) is 0 Å². The summed E-state index contributed by atoms with van der Waals surface area (Å²) in [6.07, 6.45) is 3.00. The molecule has 1 aromatic carbocycles. The van der Waals surface area contributed by atoms with E-state index < -0.39 is 0 Å². The summed E-state index contributed by atoms with van der Waals surface area (Å²) in [4.78, 5) is 26.9. The molecule has 3 fully saturated rings. The summed E-state index contributed by atoms with van der Waals surface area (Å²) in [6, 6.07) is 7.24. The minimum atomic E-state index is -0.177. The quantitative estimate of drug-likeness (QED) is 0.847.